The zero-order valence-corrected chi connectivity index (χ0v) is 23.2. The first-order chi connectivity index (χ1) is 20.4. The van der Waals surface area contributed by atoms with Crippen LogP contribution in [0.2, 0.25) is 0 Å². The number of esters is 1. The van der Waals surface area contributed by atoms with E-state index in [4.69, 9.17) is 18.9 Å². The largest absolute Gasteiger partial charge is 0.489 e. The smallest absolute Gasteiger partial charge is 0.327 e. The third kappa shape index (κ3) is 7.42. The molecule has 10 heteroatoms. The van der Waals surface area contributed by atoms with Gasteiger partial charge in [0.2, 0.25) is 5.75 Å². The molecule has 0 spiro atoms. The summed E-state index contributed by atoms with van der Waals surface area (Å²) in [5.74, 6) is -1.03. The van der Waals surface area contributed by atoms with Gasteiger partial charge in [0.1, 0.15) is 31.1 Å². The number of amides is 1. The minimum Gasteiger partial charge on any atom is -0.489 e. The Bertz CT molecular complexity index is 1510. The number of carbonyl (C=O) groups excluding carboxylic acids is 2. The Labute approximate surface area is 243 Å². The number of nitro groups is 1. The van der Waals surface area contributed by atoms with Crippen LogP contribution >= 0.6 is 0 Å². The number of rotatable bonds is 13. The summed E-state index contributed by atoms with van der Waals surface area (Å²) < 4.78 is 22.1. The van der Waals surface area contributed by atoms with Crippen LogP contribution in [0.4, 0.5) is 11.4 Å². The van der Waals surface area contributed by atoms with Crippen molar-refractivity contribution in [1.29, 1.82) is 0 Å². The number of carbonyl (C=O) groups is 2. The second-order valence-corrected chi connectivity index (χ2v) is 8.99. The van der Waals surface area contributed by atoms with Crippen LogP contribution in [0.15, 0.2) is 97.1 Å². The van der Waals surface area contributed by atoms with Crippen LogP contribution in [0.5, 0.6) is 17.2 Å². The van der Waals surface area contributed by atoms with E-state index in [1.54, 1.807) is 31.2 Å². The van der Waals surface area contributed by atoms with Crippen molar-refractivity contribution in [2.24, 2.45) is 0 Å². The van der Waals surface area contributed by atoms with Gasteiger partial charge in [0, 0.05) is 5.69 Å². The van der Waals surface area contributed by atoms with E-state index in [9.17, 15) is 19.7 Å². The first-order valence-corrected chi connectivity index (χ1v) is 13.2. The van der Waals surface area contributed by atoms with Crippen LogP contribution in [-0.2, 0) is 22.7 Å². The average molecular weight is 571 g/mol. The van der Waals surface area contributed by atoms with Crippen LogP contribution in [0.1, 0.15) is 28.4 Å². The Morgan fingerprint density at radius 3 is 1.95 bits per heavy atom. The van der Waals surface area contributed by atoms with Gasteiger partial charge in [0.15, 0.2) is 5.75 Å². The van der Waals surface area contributed by atoms with Gasteiger partial charge in [0.25, 0.3) is 5.91 Å². The van der Waals surface area contributed by atoms with Crippen LogP contribution in [0.25, 0.3) is 0 Å². The highest BCUT2D eigenvalue weighted by Crippen LogP contribution is 2.41. The Balaban J connectivity index is 1.63. The topological polar surface area (TPSA) is 117 Å². The average Bonchev–Trinajstić information content (AvgIpc) is 3.02. The van der Waals surface area contributed by atoms with Crippen molar-refractivity contribution < 1.29 is 33.5 Å². The Hall–Kier alpha value is -5.38. The molecule has 0 bridgehead atoms. The highest BCUT2D eigenvalue weighted by atomic mass is 16.6. The van der Waals surface area contributed by atoms with Crippen LogP contribution in [0, 0.1) is 10.1 Å². The number of nitrogens with zero attached hydrogens (tertiary/aromatic N) is 2. The molecular weight excluding hydrogens is 540 g/mol. The van der Waals surface area contributed by atoms with E-state index in [1.807, 2.05) is 60.7 Å². The summed E-state index contributed by atoms with van der Waals surface area (Å²) in [5, 5.41) is 12.2. The predicted molar refractivity (Wildman–Crippen MR) is 156 cm³/mol. The molecule has 0 aliphatic heterocycles. The van der Waals surface area contributed by atoms with Gasteiger partial charge in [-0.1, -0.05) is 60.7 Å². The maximum absolute atomic E-state index is 13.9. The number of nitro benzene ring substituents is 1. The van der Waals surface area contributed by atoms with Gasteiger partial charge in [-0.25, -0.2) is 0 Å². The molecule has 0 aliphatic carbocycles. The minimum absolute atomic E-state index is 0.0986. The summed E-state index contributed by atoms with van der Waals surface area (Å²) in [6, 6.07) is 28.1. The second-order valence-electron chi connectivity index (χ2n) is 8.99. The van der Waals surface area contributed by atoms with Crippen molar-refractivity contribution in [2.75, 3.05) is 25.2 Å². The fraction of sp³-hybridized carbons (Fsp3) is 0.188. The SMILES string of the molecule is CCOC(=O)CN(C(=O)c1ccc(OCc2ccccc2)c(OC)c1[N+](=O)[O-])c1ccc(OCc2ccccc2)cc1. The van der Waals surface area contributed by atoms with E-state index in [1.165, 1.54) is 19.2 Å². The maximum Gasteiger partial charge on any atom is 0.327 e. The fourth-order valence-corrected chi connectivity index (χ4v) is 4.18. The second kappa shape index (κ2) is 14.3. The van der Waals surface area contributed by atoms with Gasteiger partial charge >= 0.3 is 11.7 Å². The van der Waals surface area contributed by atoms with Gasteiger partial charge in [-0.05, 0) is 54.4 Å². The summed E-state index contributed by atoms with van der Waals surface area (Å²) in [5.41, 5.74) is 1.29. The molecule has 0 aliphatic rings. The lowest BCUT2D eigenvalue weighted by Crippen LogP contribution is -2.37. The number of benzene rings is 4. The van der Waals surface area contributed by atoms with E-state index in [0.717, 1.165) is 16.0 Å². The molecule has 4 aromatic rings. The minimum atomic E-state index is -0.791. The zero-order valence-electron chi connectivity index (χ0n) is 23.2. The monoisotopic (exact) mass is 570 g/mol. The molecule has 0 radical (unpaired) electrons. The highest BCUT2D eigenvalue weighted by Gasteiger charge is 2.33. The highest BCUT2D eigenvalue weighted by molar-refractivity contribution is 6.11. The fourth-order valence-electron chi connectivity index (χ4n) is 4.18. The van der Waals surface area contributed by atoms with E-state index in [2.05, 4.69) is 0 Å². The summed E-state index contributed by atoms with van der Waals surface area (Å²) in [4.78, 5) is 39.0. The molecule has 0 saturated carbocycles. The van der Waals surface area contributed by atoms with Crippen molar-refractivity contribution in [3.8, 4) is 17.2 Å². The lowest BCUT2D eigenvalue weighted by Gasteiger charge is -2.23. The van der Waals surface area contributed by atoms with Crippen LogP contribution < -0.4 is 19.1 Å². The number of hydrogen-bond donors (Lipinski definition) is 0. The number of hydrogen-bond acceptors (Lipinski definition) is 8. The molecule has 0 aromatic heterocycles. The normalized spacial score (nSPS) is 10.4. The summed E-state index contributed by atoms with van der Waals surface area (Å²) in [7, 11) is 1.26. The molecule has 10 nitrogen and oxygen atoms in total. The first-order valence-electron chi connectivity index (χ1n) is 13.2. The zero-order chi connectivity index (χ0) is 29.9. The van der Waals surface area contributed by atoms with Crippen molar-refractivity contribution in [1.82, 2.24) is 0 Å². The van der Waals surface area contributed by atoms with E-state index in [-0.39, 0.29) is 30.3 Å². The Morgan fingerprint density at radius 1 is 0.810 bits per heavy atom. The Morgan fingerprint density at radius 2 is 1.40 bits per heavy atom. The first kappa shape index (κ1) is 29.6. The van der Waals surface area contributed by atoms with Gasteiger partial charge in [-0.15, -0.1) is 0 Å². The molecule has 0 atom stereocenters. The molecule has 4 rings (SSSR count). The predicted octanol–water partition coefficient (Wildman–Crippen LogP) is 5.97. The third-order valence-electron chi connectivity index (χ3n) is 6.18. The van der Waals surface area contributed by atoms with Crippen LogP contribution in [-0.4, -0.2) is 37.1 Å². The summed E-state index contributed by atoms with van der Waals surface area (Å²) in [6.45, 7) is 1.76. The lowest BCUT2D eigenvalue weighted by molar-refractivity contribution is -0.386. The maximum atomic E-state index is 13.9. The number of anilines is 1. The van der Waals surface area contributed by atoms with Gasteiger partial charge in [-0.2, -0.15) is 0 Å². The Kier molecular flexibility index (Phi) is 10.1. The molecule has 4 aromatic carbocycles. The van der Waals surface area contributed by atoms with E-state index in [0.29, 0.717) is 18.0 Å². The standard InChI is InChI=1S/C32H30N2O8/c1-3-40-29(35)20-33(25-14-16-26(17-15-25)41-21-23-10-6-4-7-11-23)32(36)27-18-19-28(31(39-2)30(27)34(37)38)42-22-24-12-8-5-9-13-24/h4-19H,3,20-22H2,1-2H3. The summed E-state index contributed by atoms with van der Waals surface area (Å²) >= 11 is 0. The quantitative estimate of drug-likeness (QED) is 0.110. The molecule has 216 valence electrons. The molecule has 0 fully saturated rings. The summed E-state index contributed by atoms with van der Waals surface area (Å²) in [6.07, 6.45) is 0. The van der Waals surface area contributed by atoms with Crippen molar-refractivity contribution >= 4 is 23.3 Å². The van der Waals surface area contributed by atoms with E-state index < -0.39 is 29.0 Å². The van der Waals surface area contributed by atoms with Gasteiger partial charge < -0.3 is 18.9 Å². The van der Waals surface area contributed by atoms with Crippen molar-refractivity contribution in [3.05, 3.63) is 124 Å². The number of methoxy groups -OCH3 is 1. The molecule has 0 N–H and O–H groups in total. The molecule has 0 unspecified atom stereocenters. The molecular formula is C32H30N2O8. The molecule has 1 amide bonds. The molecule has 0 saturated heterocycles. The van der Waals surface area contributed by atoms with Crippen molar-refractivity contribution in [2.45, 2.75) is 20.1 Å². The number of ether oxygens (including phenoxy) is 4. The van der Waals surface area contributed by atoms with Crippen LogP contribution in [0.3, 0.4) is 0 Å². The molecule has 42 heavy (non-hydrogen) atoms. The van der Waals surface area contributed by atoms with Gasteiger partial charge in [-0.3, -0.25) is 24.6 Å². The lowest BCUT2D eigenvalue weighted by atomic mass is 10.1. The van der Waals surface area contributed by atoms with Crippen molar-refractivity contribution in [3.63, 3.8) is 0 Å². The third-order valence-corrected chi connectivity index (χ3v) is 6.18. The van der Waals surface area contributed by atoms with Gasteiger partial charge in [0.05, 0.1) is 18.6 Å². The van der Waals surface area contributed by atoms with E-state index >= 15 is 0 Å². The molecule has 0 heterocycles.